The van der Waals surface area contributed by atoms with Crippen LogP contribution in [0.1, 0.15) is 17.3 Å². The van der Waals surface area contributed by atoms with Crippen molar-refractivity contribution in [1.82, 2.24) is 0 Å². The van der Waals surface area contributed by atoms with Gasteiger partial charge in [0, 0.05) is 16.7 Å². The number of alkyl halides is 1. The summed E-state index contributed by atoms with van der Waals surface area (Å²) in [5.74, 6) is 1.16. The number of Topliss-reactive ketones (excluding diaryl/α,β-unsaturated/α-hetero) is 1. The highest BCUT2D eigenvalue weighted by atomic mass is 79.9. The first kappa shape index (κ1) is 15.4. The Morgan fingerprint density at radius 2 is 1.70 bits per heavy atom. The van der Waals surface area contributed by atoms with Gasteiger partial charge in [-0.2, -0.15) is 0 Å². The SMILES string of the molecule is CC(Br)C(=O)c1ccc(Oc2ccc(Cl)cc2)cc1Cl. The molecule has 0 aliphatic carbocycles. The summed E-state index contributed by atoms with van der Waals surface area (Å²) in [4.78, 5) is 11.6. The van der Waals surface area contributed by atoms with Gasteiger partial charge in [0.2, 0.25) is 0 Å². The molecule has 0 aromatic heterocycles. The molecule has 0 N–H and O–H groups in total. The molecule has 0 fully saturated rings. The summed E-state index contributed by atoms with van der Waals surface area (Å²) in [5, 5.41) is 1.01. The maximum absolute atomic E-state index is 11.9. The summed E-state index contributed by atoms with van der Waals surface area (Å²) in [5.41, 5.74) is 0.472. The van der Waals surface area contributed by atoms with Gasteiger partial charge >= 0.3 is 0 Å². The zero-order chi connectivity index (χ0) is 14.7. The molecule has 0 bridgehead atoms. The van der Waals surface area contributed by atoms with Crippen molar-refractivity contribution in [2.75, 3.05) is 0 Å². The van der Waals surface area contributed by atoms with Crippen LogP contribution in [-0.2, 0) is 0 Å². The molecule has 2 aromatic carbocycles. The van der Waals surface area contributed by atoms with Crippen LogP contribution in [0.15, 0.2) is 42.5 Å². The van der Waals surface area contributed by atoms with Gasteiger partial charge in [0.1, 0.15) is 11.5 Å². The van der Waals surface area contributed by atoms with E-state index in [9.17, 15) is 4.79 Å². The van der Waals surface area contributed by atoms with Gasteiger partial charge in [0.05, 0.1) is 9.85 Å². The van der Waals surface area contributed by atoms with E-state index in [4.69, 9.17) is 27.9 Å². The standard InChI is InChI=1S/C15H11BrCl2O2/c1-9(16)15(19)13-7-6-12(8-14(13)18)20-11-4-2-10(17)3-5-11/h2-9H,1H3. The van der Waals surface area contributed by atoms with Crippen LogP contribution < -0.4 is 4.74 Å². The second kappa shape index (κ2) is 6.61. The van der Waals surface area contributed by atoms with Crippen LogP contribution in [0.4, 0.5) is 0 Å². The lowest BCUT2D eigenvalue weighted by molar-refractivity contribution is 0.0996. The minimum atomic E-state index is -0.275. The minimum absolute atomic E-state index is 0.0620. The van der Waals surface area contributed by atoms with Gasteiger partial charge in [-0.05, 0) is 43.3 Å². The van der Waals surface area contributed by atoms with Gasteiger partial charge in [-0.25, -0.2) is 0 Å². The molecule has 0 heterocycles. The molecule has 20 heavy (non-hydrogen) atoms. The molecule has 0 aliphatic rings. The van der Waals surface area contributed by atoms with E-state index in [0.717, 1.165) is 0 Å². The molecule has 2 rings (SSSR count). The number of carbonyl (C=O) groups is 1. The lowest BCUT2D eigenvalue weighted by Gasteiger charge is -2.09. The van der Waals surface area contributed by atoms with Gasteiger partial charge in [-0.1, -0.05) is 39.1 Å². The van der Waals surface area contributed by atoms with E-state index in [1.807, 2.05) is 0 Å². The summed E-state index contributed by atoms with van der Waals surface area (Å²) in [7, 11) is 0. The quantitative estimate of drug-likeness (QED) is 0.503. The van der Waals surface area contributed by atoms with Crippen LogP contribution in [0.5, 0.6) is 11.5 Å². The number of halogens is 3. The first-order valence-electron chi connectivity index (χ1n) is 5.88. The summed E-state index contributed by atoms with van der Waals surface area (Å²) < 4.78 is 5.64. The van der Waals surface area contributed by atoms with Crippen LogP contribution in [0.3, 0.4) is 0 Å². The molecule has 0 saturated heterocycles. The number of ketones is 1. The lowest BCUT2D eigenvalue weighted by atomic mass is 10.1. The summed E-state index contributed by atoms with van der Waals surface area (Å²) in [6.45, 7) is 1.76. The number of carbonyl (C=O) groups excluding carboxylic acids is 1. The molecular formula is C15H11BrCl2O2. The van der Waals surface area contributed by atoms with Crippen LogP contribution in [0.25, 0.3) is 0 Å². The van der Waals surface area contributed by atoms with Crippen molar-refractivity contribution in [3.8, 4) is 11.5 Å². The molecule has 0 spiro atoms. The van der Waals surface area contributed by atoms with Crippen molar-refractivity contribution >= 4 is 44.9 Å². The van der Waals surface area contributed by atoms with Gasteiger partial charge in [-0.3, -0.25) is 4.79 Å². The molecule has 0 saturated carbocycles. The smallest absolute Gasteiger partial charge is 0.177 e. The third-order valence-electron chi connectivity index (χ3n) is 2.62. The van der Waals surface area contributed by atoms with Crippen LogP contribution >= 0.6 is 39.1 Å². The minimum Gasteiger partial charge on any atom is -0.457 e. The summed E-state index contributed by atoms with van der Waals surface area (Å²) in [6, 6.07) is 12.0. The molecule has 1 atom stereocenters. The average molecular weight is 374 g/mol. The first-order valence-corrected chi connectivity index (χ1v) is 7.56. The van der Waals surface area contributed by atoms with E-state index >= 15 is 0 Å². The zero-order valence-electron chi connectivity index (χ0n) is 10.6. The second-order valence-electron chi connectivity index (χ2n) is 4.18. The monoisotopic (exact) mass is 372 g/mol. The molecule has 104 valence electrons. The Kier molecular flexibility index (Phi) is 5.08. The second-order valence-corrected chi connectivity index (χ2v) is 6.40. The van der Waals surface area contributed by atoms with Crippen LogP contribution in [-0.4, -0.2) is 10.6 Å². The van der Waals surface area contributed by atoms with Crippen molar-refractivity contribution in [3.63, 3.8) is 0 Å². The number of hydrogen-bond acceptors (Lipinski definition) is 2. The van der Waals surface area contributed by atoms with Crippen molar-refractivity contribution in [2.24, 2.45) is 0 Å². The van der Waals surface area contributed by atoms with Crippen molar-refractivity contribution in [1.29, 1.82) is 0 Å². The van der Waals surface area contributed by atoms with Gasteiger partial charge in [0.25, 0.3) is 0 Å². The largest absolute Gasteiger partial charge is 0.457 e. The van der Waals surface area contributed by atoms with E-state index in [1.54, 1.807) is 49.4 Å². The Bertz CT molecular complexity index is 624. The maximum Gasteiger partial charge on any atom is 0.177 e. The van der Waals surface area contributed by atoms with E-state index < -0.39 is 0 Å². The van der Waals surface area contributed by atoms with Gasteiger partial charge in [0.15, 0.2) is 5.78 Å². The molecular weight excluding hydrogens is 363 g/mol. The third kappa shape index (κ3) is 3.75. The zero-order valence-corrected chi connectivity index (χ0v) is 13.7. The first-order chi connectivity index (χ1) is 9.47. The number of ether oxygens (including phenoxy) is 1. The molecule has 0 amide bonds. The molecule has 0 radical (unpaired) electrons. The normalized spacial score (nSPS) is 12.0. The fourth-order valence-electron chi connectivity index (χ4n) is 1.61. The fraction of sp³-hybridized carbons (Fsp3) is 0.133. The van der Waals surface area contributed by atoms with E-state index in [1.165, 1.54) is 0 Å². The number of benzene rings is 2. The van der Waals surface area contributed by atoms with Crippen molar-refractivity contribution in [3.05, 3.63) is 58.1 Å². The van der Waals surface area contributed by atoms with E-state index in [0.29, 0.717) is 27.1 Å². The van der Waals surface area contributed by atoms with Crippen LogP contribution in [0.2, 0.25) is 10.0 Å². The number of rotatable bonds is 4. The predicted molar refractivity (Wildman–Crippen MR) is 85.7 cm³/mol. The third-order valence-corrected chi connectivity index (χ3v) is 3.60. The van der Waals surface area contributed by atoms with Crippen molar-refractivity contribution in [2.45, 2.75) is 11.8 Å². The molecule has 0 aliphatic heterocycles. The lowest BCUT2D eigenvalue weighted by Crippen LogP contribution is -2.10. The van der Waals surface area contributed by atoms with Gasteiger partial charge in [-0.15, -0.1) is 0 Å². The van der Waals surface area contributed by atoms with Crippen LogP contribution in [0, 0.1) is 0 Å². The Balaban J connectivity index is 2.21. The highest BCUT2D eigenvalue weighted by Crippen LogP contribution is 2.28. The Morgan fingerprint density at radius 3 is 2.25 bits per heavy atom. The Morgan fingerprint density at radius 1 is 1.10 bits per heavy atom. The van der Waals surface area contributed by atoms with Crippen molar-refractivity contribution < 1.29 is 9.53 Å². The Labute approximate surface area is 135 Å². The molecule has 2 nitrogen and oxygen atoms in total. The molecule has 2 aromatic rings. The highest BCUT2D eigenvalue weighted by Gasteiger charge is 2.15. The molecule has 1 unspecified atom stereocenters. The Hall–Kier alpha value is -1.03. The summed E-state index contributed by atoms with van der Waals surface area (Å²) in [6.07, 6.45) is 0. The maximum atomic E-state index is 11.9. The topological polar surface area (TPSA) is 26.3 Å². The molecule has 5 heteroatoms. The summed E-state index contributed by atoms with van der Waals surface area (Å²) >= 11 is 15.2. The fourth-order valence-corrected chi connectivity index (χ4v) is 2.25. The van der Waals surface area contributed by atoms with E-state index in [2.05, 4.69) is 15.9 Å². The number of hydrogen-bond donors (Lipinski definition) is 0. The average Bonchev–Trinajstić information content (AvgIpc) is 2.41. The highest BCUT2D eigenvalue weighted by molar-refractivity contribution is 9.10. The van der Waals surface area contributed by atoms with E-state index in [-0.39, 0.29) is 10.6 Å². The van der Waals surface area contributed by atoms with Gasteiger partial charge < -0.3 is 4.74 Å². The predicted octanol–water partition coefficient (Wildman–Crippen LogP) is 5.75.